The van der Waals surface area contributed by atoms with Crippen molar-refractivity contribution < 1.29 is 4.52 Å². The molecule has 1 aromatic heterocycles. The first-order valence-electron chi connectivity index (χ1n) is 6.30. The van der Waals surface area contributed by atoms with E-state index in [2.05, 4.69) is 5.16 Å². The highest BCUT2D eigenvalue weighted by atomic mass is 35.5. The van der Waals surface area contributed by atoms with Gasteiger partial charge in [-0.15, -0.1) is 0 Å². The summed E-state index contributed by atoms with van der Waals surface area (Å²) in [7, 11) is 0. The molecule has 19 heavy (non-hydrogen) atoms. The van der Waals surface area contributed by atoms with Crippen molar-refractivity contribution in [2.75, 3.05) is 6.54 Å². The van der Waals surface area contributed by atoms with Crippen LogP contribution in [0.2, 0.25) is 5.02 Å². The standard InChI is InChI=1S/C14H18ClN3O/c1-9(12(17)5-6-16)13-8-14(19-18-13)10-3-2-4-11(15)7-10/h2-4,7-9,12H,5-6,16-17H2,1H3. The Labute approximate surface area is 117 Å². The zero-order valence-corrected chi connectivity index (χ0v) is 11.6. The van der Waals surface area contributed by atoms with Gasteiger partial charge in [0.25, 0.3) is 0 Å². The van der Waals surface area contributed by atoms with E-state index in [1.165, 1.54) is 0 Å². The van der Waals surface area contributed by atoms with Crippen molar-refractivity contribution in [2.45, 2.75) is 25.3 Å². The second kappa shape index (κ2) is 6.19. The number of rotatable bonds is 5. The van der Waals surface area contributed by atoms with E-state index in [1.54, 1.807) is 0 Å². The molecule has 5 heteroatoms. The van der Waals surface area contributed by atoms with E-state index < -0.39 is 0 Å². The fraction of sp³-hybridized carbons (Fsp3) is 0.357. The highest BCUT2D eigenvalue weighted by molar-refractivity contribution is 6.30. The molecule has 2 aromatic rings. The lowest BCUT2D eigenvalue weighted by Crippen LogP contribution is -2.29. The Balaban J connectivity index is 2.19. The molecule has 0 spiro atoms. The average molecular weight is 280 g/mol. The summed E-state index contributed by atoms with van der Waals surface area (Å²) in [4.78, 5) is 0. The van der Waals surface area contributed by atoms with Gasteiger partial charge >= 0.3 is 0 Å². The van der Waals surface area contributed by atoms with Crippen molar-refractivity contribution in [3.63, 3.8) is 0 Å². The predicted octanol–water partition coefficient (Wildman–Crippen LogP) is 2.77. The molecule has 0 radical (unpaired) electrons. The number of benzene rings is 1. The highest BCUT2D eigenvalue weighted by Crippen LogP contribution is 2.27. The minimum atomic E-state index is -0.0117. The molecular weight excluding hydrogens is 262 g/mol. The van der Waals surface area contributed by atoms with Crippen molar-refractivity contribution in [3.05, 3.63) is 41.0 Å². The van der Waals surface area contributed by atoms with Gasteiger partial charge in [0.1, 0.15) is 0 Å². The van der Waals surface area contributed by atoms with E-state index >= 15 is 0 Å². The van der Waals surface area contributed by atoms with Crippen molar-refractivity contribution in [1.29, 1.82) is 0 Å². The maximum atomic E-state index is 6.05. The fourth-order valence-electron chi connectivity index (χ4n) is 1.94. The smallest absolute Gasteiger partial charge is 0.167 e. The Bertz CT molecular complexity index is 541. The minimum absolute atomic E-state index is 0.0117. The Kier molecular flexibility index (Phi) is 4.58. The molecule has 4 N–H and O–H groups in total. The summed E-state index contributed by atoms with van der Waals surface area (Å²) in [5, 5.41) is 4.76. The maximum Gasteiger partial charge on any atom is 0.167 e. The molecule has 0 fully saturated rings. The zero-order chi connectivity index (χ0) is 13.8. The molecule has 0 aliphatic heterocycles. The lowest BCUT2D eigenvalue weighted by Gasteiger charge is -2.16. The van der Waals surface area contributed by atoms with Crippen molar-refractivity contribution in [2.24, 2.45) is 11.5 Å². The molecule has 2 rings (SSSR count). The van der Waals surface area contributed by atoms with Crippen LogP contribution in [0, 0.1) is 0 Å². The van der Waals surface area contributed by atoms with Gasteiger partial charge in [0, 0.05) is 28.6 Å². The summed E-state index contributed by atoms with van der Waals surface area (Å²) in [6.45, 7) is 2.60. The van der Waals surface area contributed by atoms with Crippen LogP contribution in [0.15, 0.2) is 34.9 Å². The molecule has 0 aliphatic carbocycles. The topological polar surface area (TPSA) is 78.1 Å². The monoisotopic (exact) mass is 279 g/mol. The SMILES string of the molecule is CC(c1cc(-c2cccc(Cl)c2)on1)C(N)CCN. The van der Waals surface area contributed by atoms with Gasteiger partial charge in [0.15, 0.2) is 5.76 Å². The first kappa shape index (κ1) is 14.1. The third kappa shape index (κ3) is 3.35. The molecular formula is C14H18ClN3O. The molecule has 0 bridgehead atoms. The molecule has 2 atom stereocenters. The maximum absolute atomic E-state index is 6.05. The lowest BCUT2D eigenvalue weighted by atomic mass is 9.96. The Morgan fingerprint density at radius 2 is 2.16 bits per heavy atom. The largest absolute Gasteiger partial charge is 0.356 e. The highest BCUT2D eigenvalue weighted by Gasteiger charge is 2.18. The second-order valence-corrected chi connectivity index (χ2v) is 5.09. The number of aromatic nitrogens is 1. The van der Waals surface area contributed by atoms with Crippen LogP contribution >= 0.6 is 11.6 Å². The minimum Gasteiger partial charge on any atom is -0.356 e. The number of hydrogen-bond acceptors (Lipinski definition) is 4. The molecule has 0 aliphatic rings. The molecule has 1 aromatic carbocycles. The second-order valence-electron chi connectivity index (χ2n) is 4.66. The van der Waals surface area contributed by atoms with Crippen LogP contribution in [-0.2, 0) is 0 Å². The van der Waals surface area contributed by atoms with Crippen LogP contribution in [0.1, 0.15) is 25.0 Å². The van der Waals surface area contributed by atoms with Gasteiger partial charge in [-0.3, -0.25) is 0 Å². The summed E-state index contributed by atoms with van der Waals surface area (Å²) >= 11 is 5.96. The Morgan fingerprint density at radius 1 is 1.37 bits per heavy atom. The number of hydrogen-bond donors (Lipinski definition) is 2. The van der Waals surface area contributed by atoms with Crippen LogP contribution < -0.4 is 11.5 Å². The van der Waals surface area contributed by atoms with Gasteiger partial charge in [0.2, 0.25) is 0 Å². The molecule has 102 valence electrons. The van der Waals surface area contributed by atoms with Crippen LogP contribution in [0.3, 0.4) is 0 Å². The van der Waals surface area contributed by atoms with Gasteiger partial charge in [-0.05, 0) is 25.1 Å². The van der Waals surface area contributed by atoms with E-state index in [-0.39, 0.29) is 12.0 Å². The number of nitrogens with zero attached hydrogens (tertiary/aromatic N) is 1. The van der Waals surface area contributed by atoms with Crippen LogP contribution in [0.4, 0.5) is 0 Å². The van der Waals surface area contributed by atoms with Crippen LogP contribution in [-0.4, -0.2) is 17.7 Å². The summed E-state index contributed by atoms with van der Waals surface area (Å²) in [6, 6.07) is 9.37. The normalized spacial score (nSPS) is 14.3. The number of nitrogens with two attached hydrogens (primary N) is 2. The van der Waals surface area contributed by atoms with Crippen molar-refractivity contribution >= 4 is 11.6 Å². The van der Waals surface area contributed by atoms with E-state index in [1.807, 2.05) is 37.3 Å². The molecule has 4 nitrogen and oxygen atoms in total. The zero-order valence-electron chi connectivity index (χ0n) is 10.8. The summed E-state index contributed by atoms with van der Waals surface area (Å²) < 4.78 is 5.36. The van der Waals surface area contributed by atoms with Crippen molar-refractivity contribution in [1.82, 2.24) is 5.16 Å². The van der Waals surface area contributed by atoms with E-state index in [9.17, 15) is 0 Å². The Morgan fingerprint density at radius 3 is 2.84 bits per heavy atom. The lowest BCUT2D eigenvalue weighted by molar-refractivity contribution is 0.407. The van der Waals surface area contributed by atoms with E-state index in [0.717, 1.165) is 17.7 Å². The Hall–Kier alpha value is -1.36. The van der Waals surface area contributed by atoms with Crippen LogP contribution in [0.25, 0.3) is 11.3 Å². The molecule has 1 heterocycles. The quantitative estimate of drug-likeness (QED) is 0.882. The van der Waals surface area contributed by atoms with Gasteiger partial charge in [-0.25, -0.2) is 0 Å². The van der Waals surface area contributed by atoms with E-state index in [0.29, 0.717) is 17.3 Å². The van der Waals surface area contributed by atoms with E-state index in [4.69, 9.17) is 27.6 Å². The van der Waals surface area contributed by atoms with Gasteiger partial charge in [-0.2, -0.15) is 0 Å². The molecule has 2 unspecified atom stereocenters. The summed E-state index contributed by atoms with van der Waals surface area (Å²) in [5.74, 6) is 0.810. The van der Waals surface area contributed by atoms with Gasteiger partial charge in [-0.1, -0.05) is 35.8 Å². The molecule has 0 amide bonds. The average Bonchev–Trinajstić information content (AvgIpc) is 2.87. The summed E-state index contributed by atoms with van der Waals surface area (Å²) in [6.07, 6.45) is 0.764. The predicted molar refractivity (Wildman–Crippen MR) is 77.0 cm³/mol. The third-order valence-electron chi connectivity index (χ3n) is 3.25. The third-order valence-corrected chi connectivity index (χ3v) is 3.48. The number of halogens is 1. The van der Waals surface area contributed by atoms with Gasteiger partial charge in [0.05, 0.1) is 5.69 Å². The van der Waals surface area contributed by atoms with Gasteiger partial charge < -0.3 is 16.0 Å². The van der Waals surface area contributed by atoms with Crippen LogP contribution in [0.5, 0.6) is 0 Å². The molecule has 0 saturated heterocycles. The first-order chi connectivity index (χ1) is 9.11. The summed E-state index contributed by atoms with van der Waals surface area (Å²) in [5.41, 5.74) is 13.3. The molecule has 0 saturated carbocycles. The fourth-order valence-corrected chi connectivity index (χ4v) is 2.13. The first-order valence-corrected chi connectivity index (χ1v) is 6.68. The van der Waals surface area contributed by atoms with Crippen molar-refractivity contribution in [3.8, 4) is 11.3 Å².